The van der Waals surface area contributed by atoms with Crippen LogP contribution in [0.3, 0.4) is 0 Å². The normalized spacial score (nSPS) is 14.2. The molecule has 172 valence electrons. The second-order valence-electron chi connectivity index (χ2n) is 7.00. The Morgan fingerprint density at radius 3 is 2.06 bits per heavy atom. The molecule has 0 unspecified atom stereocenters. The van der Waals surface area contributed by atoms with E-state index in [1.165, 1.54) is 14.2 Å². The van der Waals surface area contributed by atoms with E-state index in [1.54, 1.807) is 41.3 Å². The van der Waals surface area contributed by atoms with E-state index < -0.39 is 18.0 Å². The number of nitrogens with one attached hydrogen (secondary N) is 1. The summed E-state index contributed by atoms with van der Waals surface area (Å²) in [7, 11) is 2.96. The van der Waals surface area contributed by atoms with Crippen LogP contribution in [0.1, 0.15) is 10.4 Å². The Morgan fingerprint density at radius 2 is 1.56 bits per heavy atom. The Morgan fingerprint density at radius 1 is 0.969 bits per heavy atom. The van der Waals surface area contributed by atoms with Gasteiger partial charge in [0, 0.05) is 43.5 Å². The lowest BCUT2D eigenvalue weighted by molar-refractivity contribution is -0.185. The highest BCUT2D eigenvalue weighted by molar-refractivity contribution is 6.33. The first-order chi connectivity index (χ1) is 15.1. The summed E-state index contributed by atoms with van der Waals surface area (Å²) in [5.74, 6) is -1.31. The van der Waals surface area contributed by atoms with E-state index in [2.05, 4.69) is 5.32 Å². The number of anilines is 2. The molecule has 2 aromatic rings. The lowest BCUT2D eigenvalue weighted by Crippen LogP contribution is -2.52. The van der Waals surface area contributed by atoms with Crippen molar-refractivity contribution in [2.45, 2.75) is 6.18 Å². The maximum absolute atomic E-state index is 12.6. The average molecular weight is 472 g/mol. The van der Waals surface area contributed by atoms with Gasteiger partial charge < -0.3 is 24.6 Å². The van der Waals surface area contributed by atoms with Crippen molar-refractivity contribution in [1.29, 1.82) is 0 Å². The SMILES string of the molecule is COc1cc(OC)cc(C(=O)Nc2ccc(N3CCN(C(=O)C(F)(F)F)CC3)c(Cl)c2)c1. The van der Waals surface area contributed by atoms with Crippen molar-refractivity contribution >= 4 is 34.8 Å². The largest absolute Gasteiger partial charge is 0.497 e. The molecule has 0 aliphatic carbocycles. The van der Waals surface area contributed by atoms with Gasteiger partial charge in [0.1, 0.15) is 11.5 Å². The molecule has 0 radical (unpaired) electrons. The highest BCUT2D eigenvalue weighted by Crippen LogP contribution is 2.31. The molecule has 1 aliphatic heterocycles. The molecule has 32 heavy (non-hydrogen) atoms. The first kappa shape index (κ1) is 23.5. The summed E-state index contributed by atoms with van der Waals surface area (Å²) < 4.78 is 48.1. The summed E-state index contributed by atoms with van der Waals surface area (Å²) in [5, 5.41) is 3.06. The Bertz CT molecular complexity index is 986. The third-order valence-electron chi connectivity index (χ3n) is 4.97. The van der Waals surface area contributed by atoms with E-state index in [-0.39, 0.29) is 26.2 Å². The third kappa shape index (κ3) is 5.37. The lowest BCUT2D eigenvalue weighted by Gasteiger charge is -2.36. The predicted octanol–water partition coefficient (Wildman–Crippen LogP) is 3.82. The summed E-state index contributed by atoms with van der Waals surface area (Å²) in [6.07, 6.45) is -4.88. The van der Waals surface area contributed by atoms with Crippen LogP contribution < -0.4 is 19.7 Å². The minimum Gasteiger partial charge on any atom is -0.497 e. The minimum absolute atomic E-state index is 0.0647. The standard InChI is InChI=1S/C21H21ClF3N3O4/c1-31-15-9-13(10-16(12-15)32-2)19(29)26-14-3-4-18(17(22)11-14)27-5-7-28(8-6-27)20(30)21(23,24)25/h3-4,9-12H,5-8H2,1-2H3,(H,26,29). The third-order valence-corrected chi connectivity index (χ3v) is 5.27. The Balaban J connectivity index is 1.67. The van der Waals surface area contributed by atoms with Gasteiger partial charge in [0.15, 0.2) is 0 Å². The smallest absolute Gasteiger partial charge is 0.471 e. The predicted molar refractivity (Wildman–Crippen MR) is 114 cm³/mol. The van der Waals surface area contributed by atoms with E-state index in [0.717, 1.165) is 4.90 Å². The molecular weight excluding hydrogens is 451 g/mol. The number of hydrogen-bond acceptors (Lipinski definition) is 5. The van der Waals surface area contributed by atoms with Gasteiger partial charge in [-0.15, -0.1) is 0 Å². The summed E-state index contributed by atoms with van der Waals surface area (Å²) in [5.41, 5.74) is 1.37. The molecule has 1 saturated heterocycles. The number of hydrogen-bond donors (Lipinski definition) is 1. The molecule has 0 bridgehead atoms. The number of amides is 2. The van der Waals surface area contributed by atoms with Crippen LogP contribution in [-0.2, 0) is 4.79 Å². The second kappa shape index (κ2) is 9.56. The number of benzene rings is 2. The fraction of sp³-hybridized carbons (Fsp3) is 0.333. The molecule has 7 nitrogen and oxygen atoms in total. The molecule has 11 heteroatoms. The van der Waals surface area contributed by atoms with Gasteiger partial charge >= 0.3 is 12.1 Å². The number of ether oxygens (including phenoxy) is 2. The molecule has 0 spiro atoms. The monoisotopic (exact) mass is 471 g/mol. The van der Waals surface area contributed by atoms with Gasteiger partial charge in [-0.3, -0.25) is 9.59 Å². The molecule has 3 rings (SSSR count). The minimum atomic E-state index is -4.88. The lowest BCUT2D eigenvalue weighted by atomic mass is 10.1. The van der Waals surface area contributed by atoms with Gasteiger partial charge in [-0.1, -0.05) is 11.6 Å². The number of halogens is 4. The van der Waals surface area contributed by atoms with Gasteiger partial charge in [0.05, 0.1) is 24.9 Å². The molecular formula is C21H21ClF3N3O4. The van der Waals surface area contributed by atoms with Crippen molar-refractivity contribution in [3.05, 3.63) is 47.0 Å². The second-order valence-corrected chi connectivity index (χ2v) is 7.41. The summed E-state index contributed by atoms with van der Waals surface area (Å²) in [6, 6.07) is 9.64. The van der Waals surface area contributed by atoms with Crippen molar-refractivity contribution in [2.75, 3.05) is 50.6 Å². The van der Waals surface area contributed by atoms with Crippen molar-refractivity contribution < 1.29 is 32.2 Å². The number of alkyl halides is 3. The summed E-state index contributed by atoms with van der Waals surface area (Å²) >= 11 is 6.37. The number of carbonyl (C=O) groups excluding carboxylic acids is 2. The zero-order valence-corrected chi connectivity index (χ0v) is 18.1. The van der Waals surface area contributed by atoms with Crippen LogP contribution in [0, 0.1) is 0 Å². The number of nitrogens with zero attached hydrogens (tertiary/aromatic N) is 2. The van der Waals surface area contributed by atoms with Gasteiger partial charge in [-0.25, -0.2) is 0 Å². The number of carbonyl (C=O) groups is 2. The van der Waals surface area contributed by atoms with E-state index in [0.29, 0.717) is 33.5 Å². The Kier molecular flexibility index (Phi) is 7.02. The van der Waals surface area contributed by atoms with Gasteiger partial charge in [-0.05, 0) is 30.3 Å². The van der Waals surface area contributed by atoms with E-state index in [4.69, 9.17) is 21.1 Å². The Hall–Kier alpha value is -3.14. The van der Waals surface area contributed by atoms with Crippen LogP contribution in [0.25, 0.3) is 0 Å². The summed E-state index contributed by atoms with van der Waals surface area (Å²) in [6.45, 7) is 0.281. The zero-order chi connectivity index (χ0) is 23.5. The summed E-state index contributed by atoms with van der Waals surface area (Å²) in [4.78, 5) is 26.6. The van der Waals surface area contributed by atoms with Crippen molar-refractivity contribution in [1.82, 2.24) is 4.90 Å². The van der Waals surface area contributed by atoms with Crippen LogP contribution in [0.5, 0.6) is 11.5 Å². The quantitative estimate of drug-likeness (QED) is 0.718. The van der Waals surface area contributed by atoms with Crippen LogP contribution in [-0.4, -0.2) is 63.3 Å². The molecule has 1 fully saturated rings. The number of rotatable bonds is 5. The van der Waals surface area contributed by atoms with Crippen molar-refractivity contribution in [3.63, 3.8) is 0 Å². The fourth-order valence-electron chi connectivity index (χ4n) is 3.31. The van der Waals surface area contributed by atoms with E-state index in [1.807, 2.05) is 0 Å². The Labute approximate surface area is 187 Å². The van der Waals surface area contributed by atoms with Crippen LogP contribution in [0.15, 0.2) is 36.4 Å². The molecule has 0 atom stereocenters. The topological polar surface area (TPSA) is 71.1 Å². The maximum Gasteiger partial charge on any atom is 0.471 e. The van der Waals surface area contributed by atoms with E-state index >= 15 is 0 Å². The molecule has 1 heterocycles. The maximum atomic E-state index is 12.6. The zero-order valence-electron chi connectivity index (χ0n) is 17.3. The highest BCUT2D eigenvalue weighted by Gasteiger charge is 2.43. The average Bonchev–Trinajstić information content (AvgIpc) is 2.77. The van der Waals surface area contributed by atoms with Crippen LogP contribution in [0.4, 0.5) is 24.5 Å². The first-order valence-corrected chi connectivity index (χ1v) is 9.95. The van der Waals surface area contributed by atoms with Crippen LogP contribution in [0.2, 0.25) is 5.02 Å². The van der Waals surface area contributed by atoms with Gasteiger partial charge in [0.25, 0.3) is 5.91 Å². The van der Waals surface area contributed by atoms with Crippen molar-refractivity contribution in [3.8, 4) is 11.5 Å². The molecule has 1 N–H and O–H groups in total. The molecule has 1 aliphatic rings. The molecule has 2 amide bonds. The first-order valence-electron chi connectivity index (χ1n) is 9.57. The number of piperazine rings is 1. The van der Waals surface area contributed by atoms with Gasteiger partial charge in [0.2, 0.25) is 0 Å². The van der Waals surface area contributed by atoms with Crippen LogP contribution >= 0.6 is 11.6 Å². The molecule has 2 aromatic carbocycles. The number of methoxy groups -OCH3 is 2. The molecule has 0 aromatic heterocycles. The molecule has 0 saturated carbocycles. The van der Waals surface area contributed by atoms with Gasteiger partial charge in [-0.2, -0.15) is 13.2 Å². The van der Waals surface area contributed by atoms with Crippen molar-refractivity contribution in [2.24, 2.45) is 0 Å². The highest BCUT2D eigenvalue weighted by atomic mass is 35.5. The van der Waals surface area contributed by atoms with E-state index in [9.17, 15) is 22.8 Å². The fourth-order valence-corrected chi connectivity index (χ4v) is 3.61.